The number of amides is 2. The van der Waals surface area contributed by atoms with Crippen molar-refractivity contribution in [3.8, 4) is 0 Å². The SMILES string of the molecule is CCc1ccccc1N1C(=O)CSC1c1ccc(NC(=O)CC(C)CC(C)(C)C)cc1. The highest BCUT2D eigenvalue weighted by Crippen LogP contribution is 2.43. The molecular weight excluding hydrogens is 404 g/mol. The third-order valence-electron chi connectivity index (χ3n) is 5.47. The molecule has 2 atom stereocenters. The smallest absolute Gasteiger partial charge is 0.238 e. The number of hydrogen-bond acceptors (Lipinski definition) is 3. The maximum absolute atomic E-state index is 12.7. The number of hydrogen-bond donors (Lipinski definition) is 1. The summed E-state index contributed by atoms with van der Waals surface area (Å²) >= 11 is 1.65. The average Bonchev–Trinajstić information content (AvgIpc) is 3.08. The molecule has 1 aliphatic rings. The minimum atomic E-state index is -0.0447. The van der Waals surface area contributed by atoms with Gasteiger partial charge in [-0.25, -0.2) is 0 Å². The number of thioether (sulfide) groups is 1. The molecule has 0 aliphatic carbocycles. The molecule has 2 aromatic rings. The van der Waals surface area contributed by atoms with E-state index < -0.39 is 0 Å². The van der Waals surface area contributed by atoms with Crippen molar-refractivity contribution in [3.63, 3.8) is 0 Å². The van der Waals surface area contributed by atoms with Gasteiger partial charge < -0.3 is 5.32 Å². The van der Waals surface area contributed by atoms with Gasteiger partial charge in [0.1, 0.15) is 5.37 Å². The second-order valence-corrected chi connectivity index (χ2v) is 10.7. The maximum atomic E-state index is 12.7. The van der Waals surface area contributed by atoms with Gasteiger partial charge in [0, 0.05) is 17.8 Å². The van der Waals surface area contributed by atoms with E-state index in [9.17, 15) is 9.59 Å². The molecule has 0 spiro atoms. The Hall–Kier alpha value is -2.27. The number of carbonyl (C=O) groups excluding carboxylic acids is 2. The van der Waals surface area contributed by atoms with Crippen LogP contribution in [0, 0.1) is 11.3 Å². The molecule has 1 fully saturated rings. The summed E-state index contributed by atoms with van der Waals surface area (Å²) in [6, 6.07) is 16.0. The second kappa shape index (κ2) is 9.90. The first kappa shape index (κ1) is 23.4. The first-order chi connectivity index (χ1) is 14.7. The summed E-state index contributed by atoms with van der Waals surface area (Å²) in [5.41, 5.74) is 4.26. The quantitative estimate of drug-likeness (QED) is 0.542. The van der Waals surface area contributed by atoms with Crippen molar-refractivity contribution >= 4 is 35.0 Å². The molecule has 0 radical (unpaired) electrons. The molecule has 1 N–H and O–H groups in total. The van der Waals surface area contributed by atoms with Gasteiger partial charge in [0.25, 0.3) is 0 Å². The van der Waals surface area contributed by atoms with Crippen LogP contribution >= 0.6 is 11.8 Å². The fraction of sp³-hybridized carbons (Fsp3) is 0.462. The molecule has 2 aromatic carbocycles. The molecule has 3 rings (SSSR count). The third-order valence-corrected chi connectivity index (χ3v) is 6.69. The Morgan fingerprint density at radius 1 is 1.16 bits per heavy atom. The highest BCUT2D eigenvalue weighted by atomic mass is 32.2. The Balaban J connectivity index is 1.69. The van der Waals surface area contributed by atoms with E-state index in [0.29, 0.717) is 18.1 Å². The van der Waals surface area contributed by atoms with Crippen molar-refractivity contribution in [2.45, 2.75) is 59.3 Å². The van der Waals surface area contributed by atoms with Crippen molar-refractivity contribution < 1.29 is 9.59 Å². The molecule has 1 saturated heterocycles. The lowest BCUT2D eigenvalue weighted by molar-refractivity contribution is -0.117. The Bertz CT molecular complexity index is 918. The molecular formula is C26H34N2O2S. The van der Waals surface area contributed by atoms with E-state index in [2.05, 4.69) is 46.0 Å². The summed E-state index contributed by atoms with van der Waals surface area (Å²) in [5, 5.41) is 2.98. The number of anilines is 2. The second-order valence-electron chi connectivity index (χ2n) is 9.65. The number of para-hydroxylation sites is 1. The molecule has 0 bridgehead atoms. The molecule has 2 unspecified atom stereocenters. The molecule has 1 aliphatic heterocycles. The fourth-order valence-electron chi connectivity index (χ4n) is 4.35. The predicted octanol–water partition coefficient (Wildman–Crippen LogP) is 6.43. The zero-order valence-corrected chi connectivity index (χ0v) is 20.1. The van der Waals surface area contributed by atoms with Gasteiger partial charge in [-0.05, 0) is 53.5 Å². The van der Waals surface area contributed by atoms with Gasteiger partial charge in [0.15, 0.2) is 0 Å². The molecule has 5 heteroatoms. The molecule has 2 amide bonds. The van der Waals surface area contributed by atoms with Gasteiger partial charge in [-0.3, -0.25) is 14.5 Å². The molecule has 1 heterocycles. The van der Waals surface area contributed by atoms with E-state index in [0.717, 1.165) is 29.8 Å². The third kappa shape index (κ3) is 6.13. The van der Waals surface area contributed by atoms with Gasteiger partial charge in [0.2, 0.25) is 11.8 Å². The average molecular weight is 439 g/mol. The lowest BCUT2D eigenvalue weighted by Gasteiger charge is -2.26. The van der Waals surface area contributed by atoms with E-state index in [1.165, 1.54) is 5.56 Å². The van der Waals surface area contributed by atoms with Crippen LogP contribution in [0.5, 0.6) is 0 Å². The summed E-state index contributed by atoms with van der Waals surface area (Å²) in [5.74, 6) is 1.01. The Morgan fingerprint density at radius 2 is 1.84 bits per heavy atom. The largest absolute Gasteiger partial charge is 0.326 e. The Kier molecular flexibility index (Phi) is 7.47. The van der Waals surface area contributed by atoms with Crippen molar-refractivity contribution in [2.24, 2.45) is 11.3 Å². The Labute approximate surface area is 190 Å². The van der Waals surface area contributed by atoms with E-state index in [1.807, 2.05) is 47.4 Å². The van der Waals surface area contributed by atoms with Crippen molar-refractivity contribution in [1.82, 2.24) is 0 Å². The fourth-order valence-corrected chi connectivity index (χ4v) is 5.52. The van der Waals surface area contributed by atoms with E-state index >= 15 is 0 Å². The number of rotatable bonds is 7. The van der Waals surface area contributed by atoms with Crippen LogP contribution in [0.25, 0.3) is 0 Å². The van der Waals surface area contributed by atoms with Crippen LogP contribution in [0.3, 0.4) is 0 Å². The van der Waals surface area contributed by atoms with Crippen LogP contribution in [-0.2, 0) is 16.0 Å². The Morgan fingerprint density at radius 3 is 2.48 bits per heavy atom. The number of carbonyl (C=O) groups is 2. The van der Waals surface area contributed by atoms with Crippen LogP contribution in [0.15, 0.2) is 48.5 Å². The summed E-state index contributed by atoms with van der Waals surface area (Å²) in [4.78, 5) is 27.0. The van der Waals surface area contributed by atoms with Crippen molar-refractivity contribution in [2.75, 3.05) is 16.0 Å². The normalized spacial score (nSPS) is 17.6. The van der Waals surface area contributed by atoms with E-state index in [-0.39, 0.29) is 22.6 Å². The van der Waals surface area contributed by atoms with Crippen LogP contribution in [-0.4, -0.2) is 17.6 Å². The zero-order valence-electron chi connectivity index (χ0n) is 19.3. The molecule has 0 aromatic heterocycles. The molecule has 166 valence electrons. The van der Waals surface area contributed by atoms with Gasteiger partial charge in [-0.1, -0.05) is 65.0 Å². The number of nitrogens with one attached hydrogen (secondary N) is 1. The van der Waals surface area contributed by atoms with E-state index in [1.54, 1.807) is 11.8 Å². The van der Waals surface area contributed by atoms with E-state index in [4.69, 9.17) is 0 Å². The van der Waals surface area contributed by atoms with Gasteiger partial charge >= 0.3 is 0 Å². The van der Waals surface area contributed by atoms with Crippen molar-refractivity contribution in [1.29, 1.82) is 0 Å². The number of benzene rings is 2. The number of nitrogens with zero attached hydrogens (tertiary/aromatic N) is 1. The standard InChI is InChI=1S/C26H34N2O2S/c1-6-19-9-7-8-10-22(19)28-24(30)17-31-25(28)20-11-13-21(14-12-20)27-23(29)15-18(2)16-26(3,4)5/h7-14,18,25H,6,15-17H2,1-5H3,(H,27,29). The lowest BCUT2D eigenvalue weighted by atomic mass is 9.84. The van der Waals surface area contributed by atoms with Crippen molar-refractivity contribution in [3.05, 3.63) is 59.7 Å². The zero-order chi connectivity index (χ0) is 22.6. The first-order valence-corrected chi connectivity index (χ1v) is 12.1. The summed E-state index contributed by atoms with van der Waals surface area (Å²) in [6.07, 6.45) is 2.42. The highest BCUT2D eigenvalue weighted by Gasteiger charge is 2.34. The van der Waals surface area contributed by atoms with Crippen LogP contribution < -0.4 is 10.2 Å². The molecule has 4 nitrogen and oxygen atoms in total. The minimum absolute atomic E-state index is 0.0447. The summed E-state index contributed by atoms with van der Waals surface area (Å²) in [7, 11) is 0. The monoisotopic (exact) mass is 438 g/mol. The number of aryl methyl sites for hydroxylation is 1. The van der Waals surface area contributed by atoms with Crippen LogP contribution in [0.1, 0.15) is 64.0 Å². The minimum Gasteiger partial charge on any atom is -0.326 e. The molecule has 31 heavy (non-hydrogen) atoms. The first-order valence-electron chi connectivity index (χ1n) is 11.1. The van der Waals surface area contributed by atoms with Crippen LogP contribution in [0.2, 0.25) is 0 Å². The van der Waals surface area contributed by atoms with Gasteiger partial charge in [0.05, 0.1) is 5.75 Å². The summed E-state index contributed by atoms with van der Waals surface area (Å²) < 4.78 is 0. The van der Waals surface area contributed by atoms with Crippen LogP contribution in [0.4, 0.5) is 11.4 Å². The topological polar surface area (TPSA) is 49.4 Å². The highest BCUT2D eigenvalue weighted by molar-refractivity contribution is 8.00. The molecule has 0 saturated carbocycles. The lowest BCUT2D eigenvalue weighted by Crippen LogP contribution is -2.28. The predicted molar refractivity (Wildman–Crippen MR) is 131 cm³/mol. The maximum Gasteiger partial charge on any atom is 0.238 e. The van der Waals surface area contributed by atoms with Gasteiger partial charge in [-0.2, -0.15) is 0 Å². The summed E-state index contributed by atoms with van der Waals surface area (Å²) in [6.45, 7) is 10.8. The van der Waals surface area contributed by atoms with Gasteiger partial charge in [-0.15, -0.1) is 11.8 Å².